The van der Waals surface area contributed by atoms with Crippen LogP contribution in [-0.4, -0.2) is 34.7 Å². The van der Waals surface area contributed by atoms with E-state index < -0.39 is 34.7 Å². The van der Waals surface area contributed by atoms with E-state index >= 15 is 0 Å². The van der Waals surface area contributed by atoms with E-state index in [1.54, 1.807) is 0 Å². The number of alkyl halides is 15. The molecular formula is C6HBrClF13. The van der Waals surface area contributed by atoms with E-state index in [0.717, 1.165) is 0 Å². The Balaban J connectivity index is 0. The van der Waals surface area contributed by atoms with Crippen LogP contribution in [0, 0.1) is 0 Å². The predicted molar refractivity (Wildman–Crippen MR) is 46.6 cm³/mol. The lowest BCUT2D eigenvalue weighted by Crippen LogP contribution is -2.82. The minimum atomic E-state index is -5.97. The van der Waals surface area contributed by atoms with Gasteiger partial charge in [0.05, 0.1) is 0 Å². The van der Waals surface area contributed by atoms with E-state index in [1.165, 1.54) is 15.9 Å². The van der Waals surface area contributed by atoms with Crippen LogP contribution in [-0.2, 0) is 0 Å². The minimum Gasteiger partial charge on any atom is -0.192 e. The number of halogens is 15. The third-order valence-electron chi connectivity index (χ3n) is 1.58. The van der Waals surface area contributed by atoms with Crippen molar-refractivity contribution in [1.29, 1.82) is 0 Å². The predicted octanol–water partition coefficient (Wildman–Crippen LogP) is 5.89. The van der Waals surface area contributed by atoms with Crippen molar-refractivity contribution >= 4 is 27.5 Å². The summed E-state index contributed by atoms with van der Waals surface area (Å²) in [6.45, 7) is 0. The molecule has 1 fully saturated rings. The van der Waals surface area contributed by atoms with E-state index in [2.05, 4.69) is 11.6 Å². The molecule has 0 N–H and O–H groups in total. The maximum Gasteiger partial charge on any atom is 0.448 e. The van der Waals surface area contributed by atoms with E-state index in [9.17, 15) is 57.1 Å². The Morgan fingerprint density at radius 3 is 0.762 bits per heavy atom. The molecule has 0 aliphatic heterocycles. The Morgan fingerprint density at radius 1 is 0.667 bits per heavy atom. The zero-order chi connectivity index (χ0) is 18.1. The fourth-order valence-electron chi connectivity index (χ4n) is 0.726. The molecule has 0 atom stereocenters. The molecule has 1 rings (SSSR count). The third-order valence-corrected chi connectivity index (χ3v) is 1.58. The van der Waals surface area contributed by atoms with Crippen LogP contribution in [0.25, 0.3) is 0 Å². The van der Waals surface area contributed by atoms with Crippen molar-refractivity contribution in [3.05, 3.63) is 0 Å². The molecule has 0 radical (unpaired) electrons. The van der Waals surface area contributed by atoms with Gasteiger partial charge in [0, 0.05) is 15.9 Å². The van der Waals surface area contributed by atoms with Crippen LogP contribution in [0.3, 0.4) is 0 Å². The Labute approximate surface area is 120 Å². The number of hydrogen-bond acceptors (Lipinski definition) is 0. The molecule has 0 unspecified atom stereocenters. The molecule has 0 aromatic rings. The lowest BCUT2D eigenvalue weighted by Gasteiger charge is -2.49. The van der Waals surface area contributed by atoms with Gasteiger partial charge in [-0.1, -0.05) is 11.6 Å². The van der Waals surface area contributed by atoms with E-state index in [1.807, 2.05) is 0 Å². The summed E-state index contributed by atoms with van der Waals surface area (Å²) in [6.07, 6.45) is 0. The smallest absolute Gasteiger partial charge is 0.192 e. The first-order valence-electron chi connectivity index (χ1n) is 3.92. The van der Waals surface area contributed by atoms with E-state index in [-0.39, 0.29) is 0 Å². The average Bonchev–Trinajstić information content (AvgIpc) is 2.11. The molecule has 0 aromatic heterocycles. The Kier molecular flexibility index (Phi) is 7.21. The first kappa shape index (κ1) is 23.1. The van der Waals surface area contributed by atoms with Gasteiger partial charge in [0.1, 0.15) is 0 Å². The van der Waals surface area contributed by atoms with Gasteiger partial charge in [-0.15, -0.1) is 0 Å². The topological polar surface area (TPSA) is 0 Å². The summed E-state index contributed by atoms with van der Waals surface area (Å²) in [5, 5.41) is -4.19. The summed E-state index contributed by atoms with van der Waals surface area (Å²) in [5.41, 5.74) is 0. The van der Waals surface area contributed by atoms with Crippen molar-refractivity contribution in [3.63, 3.8) is 0 Å². The normalized spacial score (nSPS) is 24.0. The molecule has 0 aromatic carbocycles. The van der Waals surface area contributed by atoms with Gasteiger partial charge >= 0.3 is 34.7 Å². The highest BCUT2D eigenvalue weighted by Gasteiger charge is 3.01. The first-order chi connectivity index (χ1) is 8.73. The first-order valence-corrected chi connectivity index (χ1v) is 5.15. The van der Waals surface area contributed by atoms with Crippen LogP contribution in [0.1, 0.15) is 0 Å². The van der Waals surface area contributed by atoms with Gasteiger partial charge in [-0.3, -0.25) is 0 Å². The van der Waals surface area contributed by atoms with Gasteiger partial charge in [0.25, 0.3) is 0 Å². The van der Waals surface area contributed by atoms with Crippen LogP contribution in [0.4, 0.5) is 57.1 Å². The summed E-state index contributed by atoms with van der Waals surface area (Å²) >= 11 is 5.32. The van der Waals surface area contributed by atoms with Gasteiger partial charge in [-0.05, 0) is 0 Å². The van der Waals surface area contributed by atoms with Crippen molar-refractivity contribution in [3.8, 4) is 0 Å². The van der Waals surface area contributed by atoms with Gasteiger partial charge in [0.2, 0.25) is 0 Å². The third kappa shape index (κ3) is 4.93. The van der Waals surface area contributed by atoms with Crippen molar-refractivity contribution < 1.29 is 57.1 Å². The van der Waals surface area contributed by atoms with Crippen molar-refractivity contribution in [2.24, 2.45) is 0 Å². The Hall–Kier alpha value is -0.140. The molecule has 21 heavy (non-hydrogen) atoms. The fourth-order valence-corrected chi connectivity index (χ4v) is 0.726. The lowest BCUT2D eigenvalue weighted by molar-refractivity contribution is -0.506. The standard InChI is InChI=1S/C4F8.CBrF3.CHClF2/c5-1(6)2(7,8)4(11,12)3(1,9)10;2-1(3,4)5;2-1(3)4/h;;1H. The molecule has 1 aliphatic rings. The molecular weight excluding hydrogens is 434 g/mol. The van der Waals surface area contributed by atoms with Gasteiger partial charge in [0.15, 0.2) is 0 Å². The zero-order valence-corrected chi connectivity index (χ0v) is 11.1. The van der Waals surface area contributed by atoms with Crippen molar-refractivity contribution in [1.82, 2.24) is 0 Å². The second-order valence-corrected chi connectivity index (χ2v) is 4.20. The summed E-state index contributed by atoms with van der Waals surface area (Å²) in [4.78, 5) is 0. The number of hydrogen-bond donors (Lipinski definition) is 0. The van der Waals surface area contributed by atoms with Crippen LogP contribution >= 0.6 is 27.5 Å². The molecule has 0 saturated heterocycles. The maximum absolute atomic E-state index is 11.6. The molecule has 15 heteroatoms. The molecule has 130 valence electrons. The van der Waals surface area contributed by atoms with Gasteiger partial charge < -0.3 is 0 Å². The SMILES string of the molecule is FC(F)(F)Br.FC(F)Cl.FC1(F)C(F)(F)C(F)(F)C1(F)F. The molecule has 0 spiro atoms. The highest BCUT2D eigenvalue weighted by molar-refractivity contribution is 9.09. The second kappa shape index (κ2) is 6.54. The Morgan fingerprint density at radius 2 is 0.714 bits per heavy atom. The molecule has 1 aliphatic carbocycles. The van der Waals surface area contributed by atoms with Crippen molar-refractivity contribution in [2.75, 3.05) is 0 Å². The highest BCUT2D eigenvalue weighted by Crippen LogP contribution is 2.69. The lowest BCUT2D eigenvalue weighted by atomic mass is 9.80. The largest absolute Gasteiger partial charge is 0.448 e. The zero-order valence-electron chi connectivity index (χ0n) is 8.75. The second-order valence-electron chi connectivity index (χ2n) is 2.97. The molecule has 0 amide bonds. The minimum absolute atomic E-state index is 1.38. The van der Waals surface area contributed by atoms with Crippen LogP contribution in [0.2, 0.25) is 0 Å². The Bertz CT molecular complexity index is 261. The average molecular weight is 435 g/mol. The summed E-state index contributed by atoms with van der Waals surface area (Å²) < 4.78 is 144. The summed E-state index contributed by atoms with van der Waals surface area (Å²) in [7, 11) is 0. The molecule has 0 bridgehead atoms. The van der Waals surface area contributed by atoms with Crippen LogP contribution in [0.15, 0.2) is 0 Å². The molecule has 0 nitrogen and oxygen atoms in total. The van der Waals surface area contributed by atoms with Crippen LogP contribution in [0.5, 0.6) is 0 Å². The van der Waals surface area contributed by atoms with E-state index in [4.69, 9.17) is 0 Å². The highest BCUT2D eigenvalue weighted by atomic mass is 79.9. The van der Waals surface area contributed by atoms with Crippen molar-refractivity contribution in [2.45, 2.75) is 34.7 Å². The quantitative estimate of drug-likeness (QED) is 0.329. The summed E-state index contributed by atoms with van der Waals surface area (Å²) in [6, 6.07) is 0. The van der Waals surface area contributed by atoms with Gasteiger partial charge in [-0.25, -0.2) is 0 Å². The fraction of sp³-hybridized carbons (Fsp3) is 1.00. The van der Waals surface area contributed by atoms with E-state index in [0.29, 0.717) is 0 Å². The maximum atomic E-state index is 11.6. The van der Waals surface area contributed by atoms with Gasteiger partial charge in [-0.2, -0.15) is 57.1 Å². The van der Waals surface area contributed by atoms with Crippen LogP contribution < -0.4 is 0 Å². The monoisotopic (exact) mass is 434 g/mol. The number of rotatable bonds is 0. The summed E-state index contributed by atoms with van der Waals surface area (Å²) in [5.74, 6) is -26.6. The molecule has 0 heterocycles. The molecule has 1 saturated carbocycles.